The third kappa shape index (κ3) is 3.43. The van der Waals surface area contributed by atoms with Gasteiger partial charge in [0, 0.05) is 31.6 Å². The fourth-order valence-electron chi connectivity index (χ4n) is 2.74. The number of carbonyl (C=O) groups excluding carboxylic acids is 2. The summed E-state index contributed by atoms with van der Waals surface area (Å²) in [6.07, 6.45) is 1.78. The summed E-state index contributed by atoms with van der Waals surface area (Å²) in [5.74, 6) is 0.547. The molecule has 1 aromatic heterocycles. The van der Waals surface area contributed by atoms with E-state index in [4.69, 9.17) is 4.74 Å². The van der Waals surface area contributed by atoms with Crippen molar-refractivity contribution in [1.29, 1.82) is 0 Å². The van der Waals surface area contributed by atoms with Gasteiger partial charge < -0.3 is 20.2 Å². The Morgan fingerprint density at radius 1 is 1.50 bits per heavy atom. The van der Waals surface area contributed by atoms with Gasteiger partial charge in [0.25, 0.3) is 5.01 Å². The van der Waals surface area contributed by atoms with Crippen LogP contribution in [0, 0.1) is 5.21 Å². The molecule has 1 N–H and O–H groups in total. The van der Waals surface area contributed by atoms with Crippen molar-refractivity contribution in [3.63, 3.8) is 0 Å². The van der Waals surface area contributed by atoms with Crippen LogP contribution in [0.3, 0.4) is 0 Å². The summed E-state index contributed by atoms with van der Waals surface area (Å²) in [5, 5.41) is 15.7. The zero-order valence-corrected chi connectivity index (χ0v) is 14.2. The van der Waals surface area contributed by atoms with Crippen LogP contribution in [0.15, 0.2) is 18.2 Å². The Bertz CT molecular complexity index is 774. The van der Waals surface area contributed by atoms with Crippen molar-refractivity contribution in [2.45, 2.75) is 19.3 Å². The Hall–Kier alpha value is -2.35. The molecule has 0 radical (unpaired) electrons. The lowest BCUT2D eigenvalue weighted by atomic mass is 10.3. The number of benzene rings is 1. The molecule has 7 nitrogen and oxygen atoms in total. The van der Waals surface area contributed by atoms with E-state index < -0.39 is 0 Å². The molecule has 1 aliphatic rings. The fourth-order valence-corrected chi connectivity index (χ4v) is 3.81. The molecular weight excluding hydrogens is 330 g/mol. The van der Waals surface area contributed by atoms with Crippen molar-refractivity contribution in [2.24, 2.45) is 0 Å². The molecule has 3 rings (SSSR count). The van der Waals surface area contributed by atoms with Gasteiger partial charge in [0.2, 0.25) is 17.3 Å². The van der Waals surface area contributed by atoms with Gasteiger partial charge in [-0.1, -0.05) is 11.3 Å². The van der Waals surface area contributed by atoms with E-state index in [0.717, 1.165) is 15.9 Å². The van der Waals surface area contributed by atoms with Gasteiger partial charge in [-0.2, -0.15) is 4.73 Å². The maximum Gasteiger partial charge on any atom is 0.251 e. The van der Waals surface area contributed by atoms with Gasteiger partial charge in [0.05, 0.1) is 20.1 Å². The van der Waals surface area contributed by atoms with E-state index in [1.807, 2.05) is 6.07 Å². The van der Waals surface area contributed by atoms with Gasteiger partial charge in [0.15, 0.2) is 0 Å². The lowest BCUT2D eigenvalue weighted by molar-refractivity contribution is -0.580. The molecule has 0 saturated carbocycles. The number of thiazole rings is 1. The average Bonchev–Trinajstić information content (AvgIpc) is 3.11. The van der Waals surface area contributed by atoms with Crippen molar-refractivity contribution in [3.8, 4) is 5.75 Å². The van der Waals surface area contributed by atoms with E-state index in [2.05, 4.69) is 5.32 Å². The van der Waals surface area contributed by atoms with E-state index in [9.17, 15) is 14.8 Å². The molecule has 24 heavy (non-hydrogen) atoms. The molecule has 2 heterocycles. The predicted octanol–water partition coefficient (Wildman–Crippen LogP) is 0.824. The largest absolute Gasteiger partial charge is 0.617 e. The average molecular weight is 349 g/mol. The molecule has 0 unspecified atom stereocenters. The highest BCUT2D eigenvalue weighted by Gasteiger charge is 2.22. The SMILES string of the molecule is COc1ccc2c(c1)sc(CCNC(=O)CN1CCCC1=O)[n+]2[O-]. The Balaban J connectivity index is 1.56. The lowest BCUT2D eigenvalue weighted by Gasteiger charge is -2.14. The van der Waals surface area contributed by atoms with Gasteiger partial charge in [-0.3, -0.25) is 9.59 Å². The molecule has 128 valence electrons. The van der Waals surface area contributed by atoms with E-state index in [0.29, 0.717) is 42.2 Å². The van der Waals surface area contributed by atoms with Crippen LogP contribution in [0.2, 0.25) is 0 Å². The quantitative estimate of drug-likeness (QED) is 0.618. The number of ether oxygens (including phenoxy) is 1. The van der Waals surface area contributed by atoms with E-state index in [-0.39, 0.29) is 18.4 Å². The number of nitrogens with zero attached hydrogens (tertiary/aromatic N) is 2. The molecule has 0 atom stereocenters. The molecule has 1 fully saturated rings. The van der Waals surface area contributed by atoms with E-state index >= 15 is 0 Å². The third-order valence-corrected chi connectivity index (χ3v) is 5.16. The van der Waals surface area contributed by atoms with Crippen molar-refractivity contribution >= 4 is 33.4 Å². The normalized spacial score (nSPS) is 14.4. The highest BCUT2D eigenvalue weighted by atomic mass is 32.1. The maximum absolute atomic E-state index is 12.2. The van der Waals surface area contributed by atoms with Crippen LogP contribution in [-0.4, -0.2) is 43.5 Å². The molecule has 0 aliphatic carbocycles. The molecule has 0 spiro atoms. The standard InChI is InChI=1S/C16H19N3O4S/c1-23-11-4-5-12-13(9-11)24-16(19(12)22)6-7-17-14(20)10-18-8-2-3-15(18)21/h4-5,9H,2-3,6-8,10H2,1H3,(H,17,20). The molecule has 1 aliphatic heterocycles. The van der Waals surface area contributed by atoms with E-state index in [1.165, 1.54) is 11.3 Å². The lowest BCUT2D eigenvalue weighted by Crippen LogP contribution is -2.39. The Morgan fingerprint density at radius 2 is 2.33 bits per heavy atom. The number of methoxy groups -OCH3 is 1. The number of hydrogen-bond acceptors (Lipinski definition) is 5. The molecule has 1 aromatic carbocycles. The first-order valence-electron chi connectivity index (χ1n) is 7.82. The molecule has 0 bridgehead atoms. The van der Waals surface area contributed by atoms with Crippen LogP contribution in [0.1, 0.15) is 17.8 Å². The number of rotatable bonds is 6. The summed E-state index contributed by atoms with van der Waals surface area (Å²) in [6, 6.07) is 5.32. The number of nitrogens with one attached hydrogen (secondary N) is 1. The number of hydrogen-bond donors (Lipinski definition) is 1. The van der Waals surface area contributed by atoms with Gasteiger partial charge in [-0.15, -0.1) is 0 Å². The predicted molar refractivity (Wildman–Crippen MR) is 89.9 cm³/mol. The second-order valence-electron chi connectivity index (χ2n) is 5.64. The first-order valence-corrected chi connectivity index (χ1v) is 8.63. The summed E-state index contributed by atoms with van der Waals surface area (Å²) in [4.78, 5) is 24.9. The zero-order chi connectivity index (χ0) is 17.1. The van der Waals surface area contributed by atoms with Gasteiger partial charge >= 0.3 is 0 Å². The second kappa shape index (κ2) is 7.04. The van der Waals surface area contributed by atoms with Gasteiger partial charge in [-0.05, 0) is 12.5 Å². The minimum absolute atomic E-state index is 0.0287. The molecule has 8 heteroatoms. The summed E-state index contributed by atoms with van der Waals surface area (Å²) >= 11 is 1.39. The number of likely N-dealkylation sites (tertiary alicyclic amines) is 1. The minimum atomic E-state index is -0.189. The number of fused-ring (bicyclic) bond motifs is 1. The van der Waals surface area contributed by atoms with Crippen LogP contribution in [0.25, 0.3) is 10.2 Å². The highest BCUT2D eigenvalue weighted by molar-refractivity contribution is 7.18. The van der Waals surface area contributed by atoms with Crippen LogP contribution >= 0.6 is 11.3 Å². The summed E-state index contributed by atoms with van der Waals surface area (Å²) < 4.78 is 6.92. The maximum atomic E-state index is 12.2. The Kier molecular flexibility index (Phi) is 4.84. The van der Waals surface area contributed by atoms with Crippen molar-refractivity contribution < 1.29 is 19.1 Å². The Morgan fingerprint density at radius 3 is 3.04 bits per heavy atom. The summed E-state index contributed by atoms with van der Waals surface area (Å²) in [6.45, 7) is 1.11. The molecule has 2 aromatic rings. The number of carbonyl (C=O) groups is 2. The molecular formula is C16H19N3O4S. The first-order chi connectivity index (χ1) is 11.6. The summed E-state index contributed by atoms with van der Waals surface area (Å²) in [5.41, 5.74) is 0.602. The van der Waals surface area contributed by atoms with Crippen LogP contribution in [0.4, 0.5) is 0 Å². The summed E-state index contributed by atoms with van der Waals surface area (Å²) in [7, 11) is 1.58. The second-order valence-corrected chi connectivity index (χ2v) is 6.76. The van der Waals surface area contributed by atoms with Crippen LogP contribution in [0.5, 0.6) is 5.75 Å². The third-order valence-electron chi connectivity index (χ3n) is 4.01. The van der Waals surface area contributed by atoms with Crippen molar-refractivity contribution in [1.82, 2.24) is 10.2 Å². The minimum Gasteiger partial charge on any atom is -0.617 e. The van der Waals surface area contributed by atoms with Gasteiger partial charge in [0.1, 0.15) is 10.4 Å². The van der Waals surface area contributed by atoms with Gasteiger partial charge in [-0.25, -0.2) is 0 Å². The van der Waals surface area contributed by atoms with Crippen LogP contribution in [-0.2, 0) is 16.0 Å². The first kappa shape index (κ1) is 16.5. The van der Waals surface area contributed by atoms with E-state index in [1.54, 1.807) is 24.1 Å². The van der Waals surface area contributed by atoms with Crippen LogP contribution < -0.4 is 14.8 Å². The molecule has 2 amide bonds. The number of amides is 2. The van der Waals surface area contributed by atoms with Crippen molar-refractivity contribution in [3.05, 3.63) is 28.4 Å². The monoisotopic (exact) mass is 349 g/mol. The molecule has 1 saturated heterocycles. The zero-order valence-electron chi connectivity index (χ0n) is 13.4. The Labute approximate surface area is 143 Å². The topological polar surface area (TPSA) is 85.6 Å². The fraction of sp³-hybridized carbons (Fsp3) is 0.438. The van der Waals surface area contributed by atoms with Crippen molar-refractivity contribution in [2.75, 3.05) is 26.7 Å². The smallest absolute Gasteiger partial charge is 0.251 e. The highest BCUT2D eigenvalue weighted by Crippen LogP contribution is 2.25. The number of aromatic nitrogens is 1.